The molecule has 0 aromatic carbocycles. The van der Waals surface area contributed by atoms with E-state index in [4.69, 9.17) is 4.74 Å². The SMILES string of the molecule is CCCNC(C(C)CC)C1CCOC2(CCSCC2)C1. The van der Waals surface area contributed by atoms with Crippen LogP contribution in [0, 0.1) is 11.8 Å². The monoisotopic (exact) mass is 299 g/mol. The Balaban J connectivity index is 1.99. The molecular weight excluding hydrogens is 266 g/mol. The number of nitrogens with one attached hydrogen (secondary N) is 1. The fourth-order valence-corrected chi connectivity index (χ4v) is 5.10. The molecule has 3 heteroatoms. The van der Waals surface area contributed by atoms with Crippen LogP contribution in [0.5, 0.6) is 0 Å². The third kappa shape index (κ3) is 4.14. The lowest BCUT2D eigenvalue weighted by molar-refractivity contribution is -0.109. The molecular formula is C17H33NOS. The predicted molar refractivity (Wildman–Crippen MR) is 89.5 cm³/mol. The van der Waals surface area contributed by atoms with Crippen LogP contribution < -0.4 is 5.32 Å². The first-order valence-electron chi connectivity index (χ1n) is 8.66. The number of rotatable bonds is 6. The van der Waals surface area contributed by atoms with Crippen molar-refractivity contribution in [1.29, 1.82) is 0 Å². The molecule has 0 aliphatic carbocycles. The molecule has 3 unspecified atom stereocenters. The second-order valence-corrected chi connectivity index (χ2v) is 7.99. The summed E-state index contributed by atoms with van der Waals surface area (Å²) in [6.45, 7) is 9.17. The van der Waals surface area contributed by atoms with E-state index in [1.165, 1.54) is 50.0 Å². The van der Waals surface area contributed by atoms with Crippen molar-refractivity contribution in [2.45, 2.75) is 70.9 Å². The van der Waals surface area contributed by atoms with E-state index in [-0.39, 0.29) is 5.60 Å². The van der Waals surface area contributed by atoms with Crippen molar-refractivity contribution in [2.75, 3.05) is 24.7 Å². The number of hydrogen-bond acceptors (Lipinski definition) is 3. The molecule has 2 saturated heterocycles. The summed E-state index contributed by atoms with van der Waals surface area (Å²) in [4.78, 5) is 0. The summed E-state index contributed by atoms with van der Waals surface area (Å²) in [6.07, 6.45) is 7.60. The highest BCUT2D eigenvalue weighted by Crippen LogP contribution is 2.41. The van der Waals surface area contributed by atoms with E-state index in [9.17, 15) is 0 Å². The van der Waals surface area contributed by atoms with E-state index in [0.717, 1.165) is 25.0 Å². The molecule has 1 N–H and O–H groups in total. The van der Waals surface area contributed by atoms with Gasteiger partial charge in [0, 0.05) is 12.6 Å². The van der Waals surface area contributed by atoms with Gasteiger partial charge in [-0.2, -0.15) is 11.8 Å². The minimum Gasteiger partial charge on any atom is -0.375 e. The lowest BCUT2D eigenvalue weighted by Crippen LogP contribution is -2.50. The lowest BCUT2D eigenvalue weighted by atomic mass is 9.75. The third-order valence-corrected chi connectivity index (χ3v) is 6.32. The van der Waals surface area contributed by atoms with Gasteiger partial charge in [0.15, 0.2) is 0 Å². The summed E-state index contributed by atoms with van der Waals surface area (Å²) in [5, 5.41) is 3.85. The van der Waals surface area contributed by atoms with Crippen molar-refractivity contribution >= 4 is 11.8 Å². The predicted octanol–water partition coefficient (Wildman–Crippen LogP) is 4.09. The molecule has 0 aromatic rings. The molecule has 20 heavy (non-hydrogen) atoms. The first-order valence-corrected chi connectivity index (χ1v) is 9.81. The number of thioether (sulfide) groups is 1. The van der Waals surface area contributed by atoms with Crippen LogP contribution in [0.4, 0.5) is 0 Å². The normalized spacial score (nSPS) is 29.2. The zero-order valence-corrected chi connectivity index (χ0v) is 14.4. The fourth-order valence-electron chi connectivity index (χ4n) is 3.86. The molecule has 2 nitrogen and oxygen atoms in total. The van der Waals surface area contributed by atoms with Crippen LogP contribution in [0.15, 0.2) is 0 Å². The van der Waals surface area contributed by atoms with Crippen molar-refractivity contribution in [3.05, 3.63) is 0 Å². The van der Waals surface area contributed by atoms with Crippen LogP contribution >= 0.6 is 11.8 Å². The lowest BCUT2D eigenvalue weighted by Gasteiger charge is -2.46. The van der Waals surface area contributed by atoms with E-state index < -0.39 is 0 Å². The average molecular weight is 300 g/mol. The van der Waals surface area contributed by atoms with E-state index in [2.05, 4.69) is 37.8 Å². The van der Waals surface area contributed by atoms with Crippen molar-refractivity contribution in [2.24, 2.45) is 11.8 Å². The standard InChI is InChI=1S/C17H33NOS/c1-4-9-18-16(14(3)5-2)15-6-10-19-17(13-15)7-11-20-12-8-17/h14-16,18H,4-13H2,1-3H3. The number of ether oxygens (including phenoxy) is 1. The highest BCUT2D eigenvalue weighted by atomic mass is 32.2. The Labute approximate surface area is 129 Å². The van der Waals surface area contributed by atoms with Gasteiger partial charge in [-0.3, -0.25) is 0 Å². The van der Waals surface area contributed by atoms with Crippen LogP contribution in [0.25, 0.3) is 0 Å². The smallest absolute Gasteiger partial charge is 0.0701 e. The maximum Gasteiger partial charge on any atom is 0.0701 e. The van der Waals surface area contributed by atoms with Gasteiger partial charge in [0.1, 0.15) is 0 Å². The van der Waals surface area contributed by atoms with Gasteiger partial charge in [-0.05, 0) is 62.0 Å². The molecule has 3 atom stereocenters. The molecule has 0 saturated carbocycles. The molecule has 2 fully saturated rings. The van der Waals surface area contributed by atoms with Gasteiger partial charge >= 0.3 is 0 Å². The topological polar surface area (TPSA) is 21.3 Å². The molecule has 2 rings (SSSR count). The van der Waals surface area contributed by atoms with Crippen LogP contribution in [0.3, 0.4) is 0 Å². The number of hydrogen-bond donors (Lipinski definition) is 1. The Morgan fingerprint density at radius 2 is 2.05 bits per heavy atom. The Morgan fingerprint density at radius 1 is 1.30 bits per heavy atom. The van der Waals surface area contributed by atoms with Crippen molar-refractivity contribution < 1.29 is 4.74 Å². The second kappa shape index (κ2) is 8.05. The summed E-state index contributed by atoms with van der Waals surface area (Å²) in [6, 6.07) is 0.690. The van der Waals surface area contributed by atoms with E-state index in [1.807, 2.05) is 0 Å². The Hall–Kier alpha value is 0.270. The van der Waals surface area contributed by atoms with Crippen LogP contribution in [0.1, 0.15) is 59.3 Å². The van der Waals surface area contributed by atoms with E-state index in [0.29, 0.717) is 6.04 Å². The molecule has 0 bridgehead atoms. The first kappa shape index (κ1) is 16.6. The largest absolute Gasteiger partial charge is 0.375 e. The molecule has 1 spiro atoms. The van der Waals surface area contributed by atoms with Gasteiger partial charge in [0.25, 0.3) is 0 Å². The van der Waals surface area contributed by atoms with Gasteiger partial charge in [-0.15, -0.1) is 0 Å². The maximum atomic E-state index is 6.26. The van der Waals surface area contributed by atoms with Crippen LogP contribution in [-0.2, 0) is 4.74 Å². The molecule has 118 valence electrons. The molecule has 2 aliphatic rings. The Morgan fingerprint density at radius 3 is 2.70 bits per heavy atom. The minimum absolute atomic E-state index is 0.230. The summed E-state index contributed by atoms with van der Waals surface area (Å²) in [7, 11) is 0. The summed E-state index contributed by atoms with van der Waals surface area (Å²) in [5.41, 5.74) is 0.230. The van der Waals surface area contributed by atoms with E-state index >= 15 is 0 Å². The fraction of sp³-hybridized carbons (Fsp3) is 1.00. The van der Waals surface area contributed by atoms with Crippen LogP contribution in [0.2, 0.25) is 0 Å². The summed E-state index contributed by atoms with van der Waals surface area (Å²) < 4.78 is 6.26. The second-order valence-electron chi connectivity index (χ2n) is 6.76. The maximum absolute atomic E-state index is 6.26. The van der Waals surface area contributed by atoms with Crippen molar-refractivity contribution in [3.8, 4) is 0 Å². The van der Waals surface area contributed by atoms with Gasteiger partial charge in [0.2, 0.25) is 0 Å². The third-order valence-electron chi connectivity index (χ3n) is 5.33. The summed E-state index contributed by atoms with van der Waals surface area (Å²) >= 11 is 2.10. The molecule has 0 radical (unpaired) electrons. The molecule has 2 aliphatic heterocycles. The summed E-state index contributed by atoms with van der Waals surface area (Å²) in [5.74, 6) is 4.18. The van der Waals surface area contributed by atoms with Gasteiger partial charge in [-0.1, -0.05) is 27.2 Å². The van der Waals surface area contributed by atoms with Crippen molar-refractivity contribution in [3.63, 3.8) is 0 Å². The van der Waals surface area contributed by atoms with Gasteiger partial charge in [-0.25, -0.2) is 0 Å². The zero-order chi connectivity index (χ0) is 14.4. The quantitative estimate of drug-likeness (QED) is 0.798. The Kier molecular flexibility index (Phi) is 6.70. The van der Waals surface area contributed by atoms with Crippen molar-refractivity contribution in [1.82, 2.24) is 5.32 Å². The minimum atomic E-state index is 0.230. The van der Waals surface area contributed by atoms with Crippen LogP contribution in [-0.4, -0.2) is 36.3 Å². The first-order chi connectivity index (χ1) is 9.71. The van der Waals surface area contributed by atoms with E-state index in [1.54, 1.807) is 0 Å². The van der Waals surface area contributed by atoms with Gasteiger partial charge in [0.05, 0.1) is 5.60 Å². The van der Waals surface area contributed by atoms with Gasteiger partial charge < -0.3 is 10.1 Å². The average Bonchev–Trinajstić information content (AvgIpc) is 2.48. The zero-order valence-electron chi connectivity index (χ0n) is 13.6. The Bertz CT molecular complexity index is 273. The molecule has 2 heterocycles. The molecule has 0 aromatic heterocycles. The highest BCUT2D eigenvalue weighted by Gasteiger charge is 2.41. The molecule has 0 amide bonds. The highest BCUT2D eigenvalue weighted by molar-refractivity contribution is 7.99.